The third-order valence-electron chi connectivity index (χ3n) is 5.00. The second kappa shape index (κ2) is 12.0. The lowest BCUT2D eigenvalue weighted by Crippen LogP contribution is -2.70. The van der Waals surface area contributed by atoms with E-state index in [2.05, 4.69) is 25.2 Å². The van der Waals surface area contributed by atoms with E-state index in [-0.39, 0.29) is 17.0 Å². The van der Waals surface area contributed by atoms with E-state index >= 15 is 0 Å². The third-order valence-corrected chi connectivity index (χ3v) is 8.04. The molecule has 4 heterocycles. The number of hydrogen-bond acceptors (Lipinski definition) is 12. The molecule has 0 spiro atoms. The Labute approximate surface area is 214 Å². The number of carbonyl (C=O) groups excluding carboxylic acids is 3. The number of thiazole rings is 2. The van der Waals surface area contributed by atoms with Gasteiger partial charge in [0.2, 0.25) is 5.71 Å². The predicted molar refractivity (Wildman–Crippen MR) is 137 cm³/mol. The summed E-state index contributed by atoms with van der Waals surface area (Å²) in [6.07, 6.45) is 5.51. The highest BCUT2D eigenvalue weighted by Gasteiger charge is 2.51. The molecule has 2 aliphatic rings. The van der Waals surface area contributed by atoms with Gasteiger partial charge in [-0.25, -0.2) is 9.97 Å². The van der Waals surface area contributed by atoms with Gasteiger partial charge in [-0.1, -0.05) is 22.6 Å². The summed E-state index contributed by atoms with van der Waals surface area (Å²) in [5.41, 5.74) is 10.5. The SMILES string of the molecule is CO/N=C(\C(=O)NC1C(=O)N2C(C)=C(/C=C\c3scnc3C)CSC12)c1ncc(N)s1.COC=O. The minimum absolute atomic E-state index is 0.00734. The van der Waals surface area contributed by atoms with E-state index < -0.39 is 11.9 Å². The number of rotatable bonds is 7. The van der Waals surface area contributed by atoms with Crippen molar-refractivity contribution in [1.29, 1.82) is 0 Å². The van der Waals surface area contributed by atoms with Crippen molar-refractivity contribution in [2.24, 2.45) is 5.16 Å². The van der Waals surface area contributed by atoms with Crippen molar-refractivity contribution in [2.75, 3.05) is 25.7 Å². The zero-order valence-electron chi connectivity index (χ0n) is 19.4. The fourth-order valence-corrected chi connectivity index (χ4v) is 6.05. The molecule has 2 aromatic rings. The molecule has 4 rings (SSSR count). The maximum absolute atomic E-state index is 12.8. The smallest absolute Gasteiger partial charge is 0.292 e. The first-order chi connectivity index (χ1) is 16.8. The van der Waals surface area contributed by atoms with Crippen LogP contribution < -0.4 is 11.1 Å². The van der Waals surface area contributed by atoms with Gasteiger partial charge in [0.1, 0.15) is 23.5 Å². The molecule has 35 heavy (non-hydrogen) atoms. The number of aryl methyl sites for hydroxylation is 1. The first-order valence-corrected chi connectivity index (χ1v) is 12.9. The quantitative estimate of drug-likeness (QED) is 0.234. The molecular weight excluding hydrogens is 512 g/mol. The first-order valence-electron chi connectivity index (χ1n) is 10.1. The van der Waals surface area contributed by atoms with E-state index in [0.717, 1.165) is 38.9 Å². The van der Waals surface area contributed by atoms with Crippen molar-refractivity contribution in [3.8, 4) is 0 Å². The molecule has 2 unspecified atom stereocenters. The van der Waals surface area contributed by atoms with Crippen LogP contribution in [0.1, 0.15) is 22.5 Å². The zero-order valence-corrected chi connectivity index (χ0v) is 21.8. The summed E-state index contributed by atoms with van der Waals surface area (Å²) in [6, 6.07) is -0.638. The standard InChI is InChI=1S/C19H20N6O3S3.C2H4O2/c1-9-12(30-8-22-9)5-4-11-7-29-19-15(18(27)25(19)10(11)2)23-16(26)14(24-28-3)17-21-6-13(20)31-17;1-4-2-3/h4-6,8,15,19H,7,20H2,1-3H3,(H,23,26);2H,1H3/b5-4-,24-14+;. The molecule has 11 nitrogen and oxygen atoms in total. The average molecular weight is 537 g/mol. The lowest BCUT2D eigenvalue weighted by atomic mass is 10.0. The Morgan fingerprint density at radius 1 is 1.31 bits per heavy atom. The van der Waals surface area contributed by atoms with Crippen LogP contribution in [0.3, 0.4) is 0 Å². The average Bonchev–Trinajstić information content (AvgIpc) is 3.47. The molecule has 0 aliphatic carbocycles. The Morgan fingerprint density at radius 2 is 2.06 bits per heavy atom. The number of ether oxygens (including phenoxy) is 1. The van der Waals surface area contributed by atoms with Gasteiger partial charge in [-0.3, -0.25) is 19.3 Å². The molecule has 0 aromatic carbocycles. The topological polar surface area (TPSA) is 149 Å². The normalized spacial score (nSPS) is 19.5. The highest BCUT2D eigenvalue weighted by Crippen LogP contribution is 2.40. The van der Waals surface area contributed by atoms with E-state index in [0.29, 0.717) is 16.5 Å². The van der Waals surface area contributed by atoms with Crippen LogP contribution in [0.25, 0.3) is 6.08 Å². The number of allylic oxidation sites excluding steroid dienone is 2. The number of hydrogen-bond donors (Lipinski definition) is 2. The van der Waals surface area contributed by atoms with Crippen molar-refractivity contribution in [3.63, 3.8) is 0 Å². The summed E-state index contributed by atoms with van der Waals surface area (Å²) < 4.78 is 3.86. The van der Waals surface area contributed by atoms with Crippen LogP contribution in [0, 0.1) is 6.92 Å². The van der Waals surface area contributed by atoms with Crippen molar-refractivity contribution >= 4 is 69.5 Å². The maximum Gasteiger partial charge on any atom is 0.292 e. The monoisotopic (exact) mass is 536 g/mol. The Hall–Kier alpha value is -3.23. The van der Waals surface area contributed by atoms with Crippen LogP contribution >= 0.6 is 34.4 Å². The van der Waals surface area contributed by atoms with Crippen molar-refractivity contribution < 1.29 is 24.0 Å². The van der Waals surface area contributed by atoms with Gasteiger partial charge >= 0.3 is 0 Å². The minimum Gasteiger partial charge on any atom is -0.471 e. The fourth-order valence-electron chi connectivity index (χ4n) is 3.25. The van der Waals surface area contributed by atoms with Crippen LogP contribution in [-0.2, 0) is 24.0 Å². The molecule has 2 amide bonds. The number of nitrogen functional groups attached to an aromatic ring is 1. The molecule has 2 aliphatic heterocycles. The van der Waals surface area contributed by atoms with Gasteiger partial charge in [-0.15, -0.1) is 23.1 Å². The largest absolute Gasteiger partial charge is 0.471 e. The molecule has 186 valence electrons. The van der Waals surface area contributed by atoms with Crippen molar-refractivity contribution in [1.82, 2.24) is 20.2 Å². The van der Waals surface area contributed by atoms with Crippen LogP contribution in [0.2, 0.25) is 0 Å². The van der Waals surface area contributed by atoms with Gasteiger partial charge in [0.05, 0.1) is 24.5 Å². The molecule has 2 aromatic heterocycles. The summed E-state index contributed by atoms with van der Waals surface area (Å²) in [5, 5.41) is 7.17. The number of nitrogens with zero attached hydrogens (tertiary/aromatic N) is 4. The lowest BCUT2D eigenvalue weighted by molar-refractivity contribution is -0.144. The second-order valence-electron chi connectivity index (χ2n) is 7.13. The first kappa shape index (κ1) is 26.4. The summed E-state index contributed by atoms with van der Waals surface area (Å²) in [4.78, 5) is 50.5. The lowest BCUT2D eigenvalue weighted by Gasteiger charge is -2.49. The molecule has 0 bridgehead atoms. The summed E-state index contributed by atoms with van der Waals surface area (Å²) >= 11 is 4.31. The molecule has 0 radical (unpaired) electrons. The number of β-lactam (4-membered cyclic amide) rings is 1. The molecule has 3 N–H and O–H groups in total. The van der Waals surface area contributed by atoms with Crippen molar-refractivity contribution in [3.05, 3.63) is 44.6 Å². The predicted octanol–water partition coefficient (Wildman–Crippen LogP) is 2.02. The van der Waals surface area contributed by atoms with Crippen LogP contribution in [-0.4, -0.2) is 70.3 Å². The van der Waals surface area contributed by atoms with E-state index in [4.69, 9.17) is 15.4 Å². The number of anilines is 1. The number of fused-ring (bicyclic) bond motifs is 1. The van der Waals surface area contributed by atoms with Gasteiger partial charge in [-0.05, 0) is 25.5 Å². The molecular formula is C21H24N6O5S3. The minimum atomic E-state index is -0.638. The number of nitrogens with two attached hydrogens (primary N) is 1. The van der Waals surface area contributed by atoms with Crippen LogP contribution in [0.4, 0.5) is 5.00 Å². The van der Waals surface area contributed by atoms with E-state index in [1.54, 1.807) is 28.0 Å². The number of amides is 2. The number of oxime groups is 1. The van der Waals surface area contributed by atoms with Gasteiger partial charge in [0.15, 0.2) is 5.01 Å². The van der Waals surface area contributed by atoms with Gasteiger partial charge in [0.25, 0.3) is 18.3 Å². The van der Waals surface area contributed by atoms with E-state index in [1.807, 2.05) is 31.5 Å². The summed E-state index contributed by atoms with van der Waals surface area (Å²) in [6.45, 7) is 4.27. The zero-order chi connectivity index (χ0) is 25.5. The number of nitrogens with one attached hydrogen (secondary N) is 1. The van der Waals surface area contributed by atoms with E-state index in [9.17, 15) is 9.59 Å². The van der Waals surface area contributed by atoms with Gasteiger partial charge < -0.3 is 20.6 Å². The van der Waals surface area contributed by atoms with Gasteiger partial charge in [-0.2, -0.15) is 0 Å². The second-order valence-corrected chi connectivity index (χ2v) is 10.2. The fraction of sp³-hybridized carbons (Fsp3) is 0.333. The van der Waals surface area contributed by atoms with E-state index in [1.165, 1.54) is 20.4 Å². The Kier molecular flexibility index (Phi) is 9.01. The Morgan fingerprint density at radius 3 is 2.63 bits per heavy atom. The maximum atomic E-state index is 12.8. The number of aromatic nitrogens is 2. The molecule has 14 heteroatoms. The van der Waals surface area contributed by atoms with Gasteiger partial charge in [0, 0.05) is 16.3 Å². The van der Waals surface area contributed by atoms with Crippen LogP contribution in [0.15, 0.2) is 34.2 Å². The molecule has 2 atom stereocenters. The van der Waals surface area contributed by atoms with Crippen LogP contribution in [0.5, 0.6) is 0 Å². The molecule has 0 saturated carbocycles. The van der Waals surface area contributed by atoms with Crippen molar-refractivity contribution in [2.45, 2.75) is 25.3 Å². The molecule has 1 fully saturated rings. The number of methoxy groups -OCH3 is 1. The third kappa shape index (κ3) is 5.89. The number of thioether (sulfide) groups is 1. The summed E-state index contributed by atoms with van der Waals surface area (Å²) in [5.74, 6) is 0.0596. The Bertz CT molecular complexity index is 1190. The number of carbonyl (C=O) groups is 3. The highest BCUT2D eigenvalue weighted by atomic mass is 32.2. The Balaban J connectivity index is 0.000000795. The highest BCUT2D eigenvalue weighted by molar-refractivity contribution is 8.00. The summed E-state index contributed by atoms with van der Waals surface area (Å²) in [7, 11) is 2.65. The molecule has 1 saturated heterocycles.